The SMILES string of the molecule is Cc1ccccc1-c1nnc(CCN2CCNCC2)o1. The average Bonchev–Trinajstić information content (AvgIpc) is 2.95. The molecule has 1 aromatic carbocycles. The van der Waals surface area contributed by atoms with E-state index in [-0.39, 0.29) is 0 Å². The van der Waals surface area contributed by atoms with Gasteiger partial charge in [0.25, 0.3) is 0 Å². The van der Waals surface area contributed by atoms with Gasteiger partial charge in [-0.1, -0.05) is 18.2 Å². The molecule has 2 heterocycles. The Hall–Kier alpha value is -1.72. The zero-order chi connectivity index (χ0) is 13.8. The molecule has 3 rings (SSSR count). The summed E-state index contributed by atoms with van der Waals surface area (Å²) in [5.41, 5.74) is 2.18. The zero-order valence-corrected chi connectivity index (χ0v) is 11.8. The number of benzene rings is 1. The van der Waals surface area contributed by atoms with Gasteiger partial charge in [-0.05, 0) is 18.6 Å². The van der Waals surface area contributed by atoms with Crippen molar-refractivity contribution < 1.29 is 4.42 Å². The van der Waals surface area contributed by atoms with Gasteiger partial charge in [-0.3, -0.25) is 0 Å². The number of rotatable bonds is 4. The van der Waals surface area contributed by atoms with E-state index in [1.165, 1.54) is 0 Å². The lowest BCUT2D eigenvalue weighted by molar-refractivity contribution is 0.238. The summed E-state index contributed by atoms with van der Waals surface area (Å²) >= 11 is 0. The van der Waals surface area contributed by atoms with E-state index in [9.17, 15) is 0 Å². The monoisotopic (exact) mass is 272 g/mol. The Balaban J connectivity index is 1.63. The molecule has 1 aliphatic heterocycles. The lowest BCUT2D eigenvalue weighted by Gasteiger charge is -2.26. The molecule has 20 heavy (non-hydrogen) atoms. The summed E-state index contributed by atoms with van der Waals surface area (Å²) in [7, 11) is 0. The van der Waals surface area contributed by atoms with Crippen LogP contribution in [0, 0.1) is 6.92 Å². The molecule has 5 heteroatoms. The van der Waals surface area contributed by atoms with Crippen molar-refractivity contribution in [2.75, 3.05) is 32.7 Å². The highest BCUT2D eigenvalue weighted by molar-refractivity contribution is 5.57. The van der Waals surface area contributed by atoms with Crippen molar-refractivity contribution in [3.8, 4) is 11.5 Å². The van der Waals surface area contributed by atoms with Gasteiger partial charge in [0.2, 0.25) is 11.8 Å². The van der Waals surface area contributed by atoms with Crippen molar-refractivity contribution >= 4 is 0 Å². The Morgan fingerprint density at radius 3 is 2.80 bits per heavy atom. The number of nitrogens with zero attached hydrogens (tertiary/aromatic N) is 3. The van der Waals surface area contributed by atoms with Crippen LogP contribution in [0.3, 0.4) is 0 Å². The van der Waals surface area contributed by atoms with Gasteiger partial charge in [0.05, 0.1) is 0 Å². The van der Waals surface area contributed by atoms with E-state index in [2.05, 4.69) is 33.4 Å². The standard InChI is InChI=1S/C15H20N4O/c1-12-4-2-3-5-13(12)15-18-17-14(20-15)6-9-19-10-7-16-8-11-19/h2-5,16H,6-11H2,1H3. The van der Waals surface area contributed by atoms with Crippen LogP contribution >= 0.6 is 0 Å². The lowest BCUT2D eigenvalue weighted by atomic mass is 10.1. The molecule has 0 spiro atoms. The number of aromatic nitrogens is 2. The smallest absolute Gasteiger partial charge is 0.247 e. The van der Waals surface area contributed by atoms with Gasteiger partial charge >= 0.3 is 0 Å². The van der Waals surface area contributed by atoms with Crippen LogP contribution in [-0.2, 0) is 6.42 Å². The topological polar surface area (TPSA) is 54.2 Å². The minimum atomic E-state index is 0.624. The quantitative estimate of drug-likeness (QED) is 0.914. The van der Waals surface area contributed by atoms with Gasteiger partial charge in [0.15, 0.2) is 0 Å². The molecular formula is C15H20N4O. The molecule has 0 radical (unpaired) electrons. The zero-order valence-electron chi connectivity index (χ0n) is 11.8. The predicted molar refractivity (Wildman–Crippen MR) is 77.5 cm³/mol. The van der Waals surface area contributed by atoms with E-state index in [1.54, 1.807) is 0 Å². The third-order valence-electron chi connectivity index (χ3n) is 3.69. The number of piperazine rings is 1. The van der Waals surface area contributed by atoms with Crippen molar-refractivity contribution in [3.05, 3.63) is 35.7 Å². The highest BCUT2D eigenvalue weighted by atomic mass is 16.4. The fraction of sp³-hybridized carbons (Fsp3) is 0.467. The number of nitrogens with one attached hydrogen (secondary N) is 1. The first-order valence-corrected chi connectivity index (χ1v) is 7.14. The normalized spacial score (nSPS) is 16.4. The second-order valence-electron chi connectivity index (χ2n) is 5.16. The predicted octanol–water partition coefficient (Wildman–Crippen LogP) is 1.49. The maximum absolute atomic E-state index is 5.78. The van der Waals surface area contributed by atoms with Crippen molar-refractivity contribution in [2.24, 2.45) is 0 Å². The molecule has 0 aliphatic carbocycles. The first kappa shape index (κ1) is 13.3. The Morgan fingerprint density at radius 2 is 2.00 bits per heavy atom. The minimum absolute atomic E-state index is 0.624. The van der Waals surface area contributed by atoms with Crippen LogP contribution in [0.5, 0.6) is 0 Å². The van der Waals surface area contributed by atoms with E-state index in [1.807, 2.05) is 18.2 Å². The van der Waals surface area contributed by atoms with E-state index < -0.39 is 0 Å². The fourth-order valence-electron chi connectivity index (χ4n) is 2.46. The van der Waals surface area contributed by atoms with Crippen molar-refractivity contribution in [1.82, 2.24) is 20.4 Å². The molecule has 1 saturated heterocycles. The molecular weight excluding hydrogens is 252 g/mol. The number of hydrogen-bond donors (Lipinski definition) is 1. The molecule has 0 atom stereocenters. The van der Waals surface area contributed by atoms with Crippen LogP contribution in [0.1, 0.15) is 11.5 Å². The average molecular weight is 272 g/mol. The van der Waals surface area contributed by atoms with Crippen LogP contribution in [0.2, 0.25) is 0 Å². The lowest BCUT2D eigenvalue weighted by Crippen LogP contribution is -2.44. The van der Waals surface area contributed by atoms with Crippen LogP contribution in [0.25, 0.3) is 11.5 Å². The maximum atomic E-state index is 5.78. The minimum Gasteiger partial charge on any atom is -0.421 e. The Labute approximate surface area is 119 Å². The largest absolute Gasteiger partial charge is 0.421 e. The first-order chi connectivity index (χ1) is 9.83. The first-order valence-electron chi connectivity index (χ1n) is 7.14. The van der Waals surface area contributed by atoms with Crippen molar-refractivity contribution in [3.63, 3.8) is 0 Å². The summed E-state index contributed by atoms with van der Waals surface area (Å²) in [5.74, 6) is 1.35. The Morgan fingerprint density at radius 1 is 1.20 bits per heavy atom. The van der Waals surface area contributed by atoms with Gasteiger partial charge in [0, 0.05) is 44.7 Å². The molecule has 2 aromatic rings. The van der Waals surface area contributed by atoms with Crippen molar-refractivity contribution in [1.29, 1.82) is 0 Å². The highest BCUT2D eigenvalue weighted by Gasteiger charge is 2.13. The maximum Gasteiger partial charge on any atom is 0.247 e. The highest BCUT2D eigenvalue weighted by Crippen LogP contribution is 2.21. The van der Waals surface area contributed by atoms with E-state index in [4.69, 9.17) is 4.42 Å². The summed E-state index contributed by atoms with van der Waals surface area (Å²) in [6, 6.07) is 8.08. The van der Waals surface area contributed by atoms with Crippen LogP contribution in [0.15, 0.2) is 28.7 Å². The van der Waals surface area contributed by atoms with Crippen LogP contribution in [-0.4, -0.2) is 47.8 Å². The molecule has 1 N–H and O–H groups in total. The molecule has 0 bridgehead atoms. The summed E-state index contributed by atoms with van der Waals surface area (Å²) in [6.07, 6.45) is 0.818. The number of hydrogen-bond acceptors (Lipinski definition) is 5. The van der Waals surface area contributed by atoms with Gasteiger partial charge in [-0.2, -0.15) is 0 Å². The van der Waals surface area contributed by atoms with E-state index in [0.29, 0.717) is 5.89 Å². The second-order valence-corrected chi connectivity index (χ2v) is 5.16. The second kappa shape index (κ2) is 6.15. The Bertz CT molecular complexity index is 561. The molecule has 1 fully saturated rings. The van der Waals surface area contributed by atoms with Crippen LogP contribution < -0.4 is 5.32 Å². The van der Waals surface area contributed by atoms with Gasteiger partial charge in [-0.15, -0.1) is 10.2 Å². The van der Waals surface area contributed by atoms with E-state index >= 15 is 0 Å². The summed E-state index contributed by atoms with van der Waals surface area (Å²) in [5, 5.41) is 11.7. The van der Waals surface area contributed by atoms with E-state index in [0.717, 1.165) is 56.2 Å². The third-order valence-corrected chi connectivity index (χ3v) is 3.69. The molecule has 0 saturated carbocycles. The van der Waals surface area contributed by atoms with Gasteiger partial charge < -0.3 is 14.6 Å². The molecule has 0 amide bonds. The summed E-state index contributed by atoms with van der Waals surface area (Å²) < 4.78 is 5.78. The fourth-order valence-corrected chi connectivity index (χ4v) is 2.46. The summed E-state index contributed by atoms with van der Waals surface area (Å²) in [4.78, 5) is 2.42. The summed E-state index contributed by atoms with van der Waals surface area (Å²) in [6.45, 7) is 7.37. The molecule has 5 nitrogen and oxygen atoms in total. The third kappa shape index (κ3) is 3.05. The number of aryl methyl sites for hydroxylation is 1. The molecule has 1 aromatic heterocycles. The van der Waals surface area contributed by atoms with Crippen molar-refractivity contribution in [2.45, 2.75) is 13.3 Å². The molecule has 1 aliphatic rings. The molecule has 106 valence electrons. The molecule has 0 unspecified atom stereocenters. The van der Waals surface area contributed by atoms with Crippen LogP contribution in [0.4, 0.5) is 0 Å². The Kier molecular flexibility index (Phi) is 4.08. The van der Waals surface area contributed by atoms with Gasteiger partial charge in [-0.25, -0.2) is 0 Å². The van der Waals surface area contributed by atoms with Gasteiger partial charge in [0.1, 0.15) is 0 Å².